The second-order valence-corrected chi connectivity index (χ2v) is 1.28. The van der Waals surface area contributed by atoms with E-state index in [1.807, 2.05) is 0 Å². The Morgan fingerprint density at radius 3 is 1.50 bits per heavy atom. The van der Waals surface area contributed by atoms with E-state index in [1.54, 1.807) is 0 Å². The van der Waals surface area contributed by atoms with Crippen LogP contribution in [0.5, 0.6) is 0 Å². The fourth-order valence-electron chi connectivity index (χ4n) is 0.289. The van der Waals surface area contributed by atoms with Crippen LogP contribution in [0, 0.1) is 0 Å². The molecule has 0 spiro atoms. The number of nitrogens with two attached hydrogens (primary N) is 2. The Morgan fingerprint density at radius 1 is 1.00 bits per heavy atom. The Kier molecular flexibility index (Phi) is 4.85. The average Bonchev–Trinajstić information content (AvgIpc) is 1.61. The lowest BCUT2D eigenvalue weighted by Crippen LogP contribution is -2.03. The summed E-state index contributed by atoms with van der Waals surface area (Å²) in [5, 5.41) is 0. The summed E-state index contributed by atoms with van der Waals surface area (Å²) in [7, 11) is 0. The van der Waals surface area contributed by atoms with Gasteiger partial charge in [0, 0.05) is 1.43 Å². The minimum atomic E-state index is 0. The summed E-state index contributed by atoms with van der Waals surface area (Å²) in [5.41, 5.74) is 10.3. The van der Waals surface area contributed by atoms with Crippen molar-refractivity contribution in [2.24, 2.45) is 11.5 Å². The Morgan fingerprint density at radius 2 is 1.33 bits per heavy atom. The summed E-state index contributed by atoms with van der Waals surface area (Å²) < 4.78 is 0. The predicted molar refractivity (Wildman–Crippen MR) is 28.5 cm³/mol. The fourth-order valence-corrected chi connectivity index (χ4v) is 0.289. The van der Waals surface area contributed by atoms with E-state index in [2.05, 4.69) is 0 Å². The zero-order valence-electron chi connectivity index (χ0n) is 4.98. The smallest absolute Gasteiger partial charge is 0 e. The van der Waals surface area contributed by atoms with Gasteiger partial charge in [-0.3, -0.25) is 0 Å². The van der Waals surface area contributed by atoms with Gasteiger partial charge in [-0.2, -0.15) is 0 Å². The van der Waals surface area contributed by atoms with Gasteiger partial charge in [-0.05, 0) is 25.9 Å². The van der Waals surface area contributed by atoms with Crippen molar-refractivity contribution in [2.75, 3.05) is 13.1 Å². The van der Waals surface area contributed by atoms with E-state index in [1.165, 1.54) is 0 Å². The summed E-state index contributed by atoms with van der Waals surface area (Å²) in [5.74, 6) is 0. The molecule has 0 aromatic heterocycles. The first-order valence-corrected chi connectivity index (χ1v) is 2.32. The highest BCUT2D eigenvalue weighted by molar-refractivity contribution is 4.38. The molecule has 0 heterocycles. The van der Waals surface area contributed by atoms with Crippen LogP contribution in [0.3, 0.4) is 0 Å². The maximum Gasteiger partial charge on any atom is 0 e. The molecule has 4 N–H and O–H groups in total. The van der Waals surface area contributed by atoms with E-state index in [0.29, 0.717) is 0 Å². The van der Waals surface area contributed by atoms with E-state index in [0.717, 1.165) is 25.9 Å². The second kappa shape index (κ2) is 4.92. The van der Waals surface area contributed by atoms with Gasteiger partial charge in [0.1, 0.15) is 0 Å². The maximum absolute atomic E-state index is 5.16. The lowest BCUT2D eigenvalue weighted by atomic mass is 10.3. The third-order valence-electron chi connectivity index (χ3n) is 0.658. The van der Waals surface area contributed by atoms with Gasteiger partial charge >= 0.3 is 0 Å². The lowest BCUT2D eigenvalue weighted by molar-refractivity contribution is 0.755. The second-order valence-electron chi connectivity index (χ2n) is 1.28. The van der Waals surface area contributed by atoms with Crippen LogP contribution < -0.4 is 11.5 Å². The van der Waals surface area contributed by atoms with Crippen molar-refractivity contribution in [1.82, 2.24) is 0 Å². The van der Waals surface area contributed by atoms with Crippen molar-refractivity contribution in [1.29, 1.82) is 0 Å². The molecule has 0 saturated carbocycles. The van der Waals surface area contributed by atoms with Gasteiger partial charge in [-0.25, -0.2) is 0 Å². The van der Waals surface area contributed by atoms with Gasteiger partial charge in [-0.15, -0.1) is 0 Å². The molecule has 0 rings (SSSR count). The molecule has 0 unspecified atom stereocenters. The van der Waals surface area contributed by atoms with Crippen LogP contribution in [0.2, 0.25) is 0 Å². The summed E-state index contributed by atoms with van der Waals surface area (Å²) in [4.78, 5) is 0. The Hall–Kier alpha value is -0.0800. The van der Waals surface area contributed by atoms with E-state index in [9.17, 15) is 0 Å². The fraction of sp³-hybridized carbons (Fsp3) is 1.00. The lowest BCUT2D eigenvalue weighted by Gasteiger charge is -1.87. The van der Waals surface area contributed by atoms with Gasteiger partial charge in [0.2, 0.25) is 0 Å². The molecule has 0 amide bonds. The first-order chi connectivity index (χ1) is 2.91. The van der Waals surface area contributed by atoms with Crippen molar-refractivity contribution in [3.63, 3.8) is 0 Å². The van der Waals surface area contributed by atoms with Crippen molar-refractivity contribution in [2.45, 2.75) is 12.8 Å². The Balaban J connectivity index is 0. The highest BCUT2D eigenvalue weighted by Crippen LogP contribution is 1.77. The van der Waals surface area contributed by atoms with Gasteiger partial charge in [0.15, 0.2) is 0 Å². The van der Waals surface area contributed by atoms with E-state index >= 15 is 0 Å². The van der Waals surface area contributed by atoms with Crippen molar-refractivity contribution < 1.29 is 1.43 Å². The molecule has 0 bridgehead atoms. The van der Waals surface area contributed by atoms with Crippen LogP contribution in [-0.4, -0.2) is 13.1 Å². The molecule has 39 valence electrons. The standard InChI is InChI=1S/C4H12N2.H/c5-3-1-2-4-6;/h1-6H2;. The third kappa shape index (κ3) is 3.92. The van der Waals surface area contributed by atoms with Crippen molar-refractivity contribution in [3.8, 4) is 0 Å². The van der Waals surface area contributed by atoms with Crippen LogP contribution in [0.1, 0.15) is 14.3 Å². The van der Waals surface area contributed by atoms with Crippen LogP contribution >= 0.6 is 0 Å². The number of hydrogen-bond acceptors (Lipinski definition) is 2. The van der Waals surface area contributed by atoms with Gasteiger partial charge < -0.3 is 11.5 Å². The monoisotopic (exact) mass is 89.1 g/mol. The molecule has 0 aromatic rings. The zero-order valence-corrected chi connectivity index (χ0v) is 3.98. The minimum absolute atomic E-state index is 0. The summed E-state index contributed by atoms with van der Waals surface area (Å²) in [6, 6.07) is 0. The van der Waals surface area contributed by atoms with Crippen molar-refractivity contribution >= 4 is 0 Å². The molecular formula is C4H13N2. The predicted octanol–water partition coefficient (Wildman–Crippen LogP) is -0.203. The molecular weight excluding hydrogens is 76.1 g/mol. The van der Waals surface area contributed by atoms with Crippen LogP contribution in [0.4, 0.5) is 0 Å². The first kappa shape index (κ1) is 5.92. The SMILES string of the molecule is NCCCCN.[H]. The molecule has 0 aromatic carbocycles. The summed E-state index contributed by atoms with van der Waals surface area (Å²) >= 11 is 0. The summed E-state index contributed by atoms with van der Waals surface area (Å²) in [6.45, 7) is 1.55. The minimum Gasteiger partial charge on any atom is -0.330 e. The Labute approximate surface area is 40.0 Å². The highest BCUT2D eigenvalue weighted by atomic mass is 14.5. The molecule has 1 radical (unpaired) electrons. The van der Waals surface area contributed by atoms with Gasteiger partial charge in [0.05, 0.1) is 0 Å². The molecule has 0 aliphatic carbocycles. The molecule has 0 atom stereocenters. The largest absolute Gasteiger partial charge is 0.330 e. The molecule has 2 heteroatoms. The maximum atomic E-state index is 5.16. The topological polar surface area (TPSA) is 52.0 Å². The Bertz CT molecular complexity index is 21.7. The first-order valence-electron chi connectivity index (χ1n) is 2.32. The molecule has 0 aliphatic rings. The molecule has 2 nitrogen and oxygen atoms in total. The molecule has 0 aliphatic heterocycles. The third-order valence-corrected chi connectivity index (χ3v) is 0.658. The highest BCUT2D eigenvalue weighted by Gasteiger charge is 1.75. The van der Waals surface area contributed by atoms with Crippen LogP contribution in [0.25, 0.3) is 0 Å². The zero-order chi connectivity index (χ0) is 4.83. The van der Waals surface area contributed by atoms with Crippen LogP contribution in [-0.2, 0) is 0 Å². The van der Waals surface area contributed by atoms with Crippen LogP contribution in [0.15, 0.2) is 0 Å². The quantitative estimate of drug-likeness (QED) is 0.470. The number of hydrogen-bond donors (Lipinski definition) is 2. The average molecular weight is 89.2 g/mol. The van der Waals surface area contributed by atoms with E-state index in [4.69, 9.17) is 11.5 Å². The van der Waals surface area contributed by atoms with Gasteiger partial charge in [0.25, 0.3) is 0 Å². The van der Waals surface area contributed by atoms with Gasteiger partial charge in [-0.1, -0.05) is 0 Å². The number of unbranched alkanes of at least 4 members (excludes halogenated alkanes) is 1. The number of rotatable bonds is 3. The molecule has 0 fully saturated rings. The van der Waals surface area contributed by atoms with E-state index in [-0.39, 0.29) is 1.43 Å². The van der Waals surface area contributed by atoms with Crippen molar-refractivity contribution in [3.05, 3.63) is 0 Å². The summed E-state index contributed by atoms with van der Waals surface area (Å²) in [6.07, 6.45) is 2.13. The van der Waals surface area contributed by atoms with E-state index < -0.39 is 0 Å². The normalized spacial score (nSPS) is 9.00. The molecule has 6 heavy (non-hydrogen) atoms. The molecule has 0 saturated heterocycles.